The standard InChI is InChI=1S/C10H15N3O/c1-7-3-2-4-8(7)13-10(14)9-5-11-6-12-9/h5-8H,2-4H2,1H3,(H,11,12)(H,13,14). The fourth-order valence-electron chi connectivity index (χ4n) is 1.99. The number of carbonyl (C=O) groups excluding carboxylic acids is 1. The summed E-state index contributed by atoms with van der Waals surface area (Å²) in [6, 6.07) is 0.333. The molecule has 0 aliphatic heterocycles. The molecule has 1 heterocycles. The highest BCUT2D eigenvalue weighted by atomic mass is 16.1. The molecule has 2 rings (SSSR count). The minimum Gasteiger partial charge on any atom is -0.350 e. The van der Waals surface area contributed by atoms with Crippen molar-refractivity contribution >= 4 is 5.91 Å². The summed E-state index contributed by atoms with van der Waals surface area (Å²) in [4.78, 5) is 18.3. The van der Waals surface area contributed by atoms with Gasteiger partial charge in [-0.15, -0.1) is 0 Å². The Bertz CT molecular complexity index is 307. The number of carbonyl (C=O) groups is 1. The molecule has 4 heteroatoms. The number of aromatic amines is 1. The molecule has 14 heavy (non-hydrogen) atoms. The molecule has 2 unspecified atom stereocenters. The van der Waals surface area contributed by atoms with Gasteiger partial charge >= 0.3 is 0 Å². The molecular formula is C10H15N3O. The summed E-state index contributed by atoms with van der Waals surface area (Å²) in [5.41, 5.74) is 0.476. The highest BCUT2D eigenvalue weighted by molar-refractivity contribution is 5.92. The maximum Gasteiger partial charge on any atom is 0.271 e. The second-order valence-electron chi connectivity index (χ2n) is 3.94. The first-order valence-electron chi connectivity index (χ1n) is 5.07. The fourth-order valence-corrected chi connectivity index (χ4v) is 1.99. The van der Waals surface area contributed by atoms with Crippen molar-refractivity contribution in [2.24, 2.45) is 5.92 Å². The van der Waals surface area contributed by atoms with Crippen LogP contribution in [0.15, 0.2) is 12.5 Å². The third-order valence-corrected chi connectivity index (χ3v) is 2.91. The van der Waals surface area contributed by atoms with Crippen molar-refractivity contribution in [1.29, 1.82) is 0 Å². The number of nitrogens with zero attached hydrogens (tertiary/aromatic N) is 1. The third-order valence-electron chi connectivity index (χ3n) is 2.91. The van der Waals surface area contributed by atoms with Gasteiger partial charge in [0, 0.05) is 12.2 Å². The highest BCUT2D eigenvalue weighted by Crippen LogP contribution is 2.24. The van der Waals surface area contributed by atoms with Crippen LogP contribution in [0.2, 0.25) is 0 Å². The molecule has 1 aromatic heterocycles. The molecule has 0 spiro atoms. The summed E-state index contributed by atoms with van der Waals surface area (Å²) in [6.45, 7) is 2.18. The second-order valence-corrected chi connectivity index (χ2v) is 3.94. The molecular weight excluding hydrogens is 178 g/mol. The summed E-state index contributed by atoms with van der Waals surface area (Å²) in [5.74, 6) is 0.530. The number of rotatable bonds is 2. The molecule has 4 nitrogen and oxygen atoms in total. The summed E-state index contributed by atoms with van der Waals surface area (Å²) in [5, 5.41) is 3.01. The van der Waals surface area contributed by atoms with E-state index >= 15 is 0 Å². The molecule has 0 aromatic carbocycles. The Hall–Kier alpha value is -1.32. The topological polar surface area (TPSA) is 57.8 Å². The van der Waals surface area contributed by atoms with Crippen molar-refractivity contribution in [3.8, 4) is 0 Å². The SMILES string of the molecule is CC1CCCC1NC(=O)c1c[nH]cn1. The second kappa shape index (κ2) is 3.82. The van der Waals surface area contributed by atoms with E-state index in [-0.39, 0.29) is 5.91 Å². The van der Waals surface area contributed by atoms with Gasteiger partial charge in [-0.1, -0.05) is 13.3 Å². The van der Waals surface area contributed by atoms with Crippen LogP contribution < -0.4 is 5.32 Å². The van der Waals surface area contributed by atoms with E-state index in [9.17, 15) is 4.79 Å². The fraction of sp³-hybridized carbons (Fsp3) is 0.600. The van der Waals surface area contributed by atoms with Crippen LogP contribution in [0, 0.1) is 5.92 Å². The van der Waals surface area contributed by atoms with Gasteiger partial charge in [0.05, 0.1) is 6.33 Å². The van der Waals surface area contributed by atoms with Gasteiger partial charge in [-0.05, 0) is 18.8 Å². The van der Waals surface area contributed by atoms with Crippen LogP contribution in [0.25, 0.3) is 0 Å². The normalized spacial score (nSPS) is 26.4. The minimum absolute atomic E-state index is 0.0648. The van der Waals surface area contributed by atoms with Gasteiger partial charge in [0.2, 0.25) is 0 Å². The average Bonchev–Trinajstić information content (AvgIpc) is 2.77. The molecule has 1 fully saturated rings. The van der Waals surface area contributed by atoms with Crippen molar-refractivity contribution in [2.45, 2.75) is 32.2 Å². The first-order valence-corrected chi connectivity index (χ1v) is 5.07. The molecule has 2 N–H and O–H groups in total. The lowest BCUT2D eigenvalue weighted by Crippen LogP contribution is -2.36. The van der Waals surface area contributed by atoms with Crippen molar-refractivity contribution in [3.05, 3.63) is 18.2 Å². The number of amides is 1. The van der Waals surface area contributed by atoms with Gasteiger partial charge in [-0.25, -0.2) is 4.98 Å². The summed E-state index contributed by atoms with van der Waals surface area (Å²) in [6.07, 6.45) is 6.66. The van der Waals surface area contributed by atoms with Gasteiger partial charge in [-0.2, -0.15) is 0 Å². The van der Waals surface area contributed by atoms with Crippen molar-refractivity contribution in [3.63, 3.8) is 0 Å². The largest absolute Gasteiger partial charge is 0.350 e. The van der Waals surface area contributed by atoms with E-state index < -0.39 is 0 Å². The monoisotopic (exact) mass is 193 g/mol. The Kier molecular flexibility index (Phi) is 2.52. The predicted octanol–water partition coefficient (Wildman–Crippen LogP) is 1.33. The number of hydrogen-bond donors (Lipinski definition) is 2. The van der Waals surface area contributed by atoms with Gasteiger partial charge in [0.1, 0.15) is 5.69 Å². The number of H-pyrrole nitrogens is 1. The molecule has 1 aliphatic rings. The summed E-state index contributed by atoms with van der Waals surface area (Å²) >= 11 is 0. The van der Waals surface area contributed by atoms with E-state index in [0.717, 1.165) is 6.42 Å². The van der Waals surface area contributed by atoms with Gasteiger partial charge < -0.3 is 10.3 Å². The zero-order valence-electron chi connectivity index (χ0n) is 8.29. The van der Waals surface area contributed by atoms with Gasteiger partial charge in [0.25, 0.3) is 5.91 Å². The first-order chi connectivity index (χ1) is 6.77. The molecule has 0 radical (unpaired) electrons. The van der Waals surface area contributed by atoms with Crippen molar-refractivity contribution in [2.75, 3.05) is 0 Å². The van der Waals surface area contributed by atoms with E-state index in [0.29, 0.717) is 17.7 Å². The van der Waals surface area contributed by atoms with E-state index in [2.05, 4.69) is 22.2 Å². The molecule has 1 aliphatic carbocycles. The van der Waals surface area contributed by atoms with Crippen LogP contribution >= 0.6 is 0 Å². The Morgan fingerprint density at radius 1 is 1.64 bits per heavy atom. The van der Waals surface area contributed by atoms with E-state index in [4.69, 9.17) is 0 Å². The number of hydrogen-bond acceptors (Lipinski definition) is 2. The van der Waals surface area contributed by atoms with Gasteiger partial charge in [0.15, 0.2) is 0 Å². The van der Waals surface area contributed by atoms with Crippen LogP contribution in [0.4, 0.5) is 0 Å². The Labute approximate surface area is 83.1 Å². The minimum atomic E-state index is -0.0648. The predicted molar refractivity (Wildman–Crippen MR) is 52.9 cm³/mol. The van der Waals surface area contributed by atoms with Crippen LogP contribution in [0.5, 0.6) is 0 Å². The smallest absolute Gasteiger partial charge is 0.271 e. The van der Waals surface area contributed by atoms with Crippen molar-refractivity contribution < 1.29 is 4.79 Å². The number of imidazole rings is 1. The third kappa shape index (κ3) is 1.78. The zero-order valence-corrected chi connectivity index (χ0v) is 8.29. The maximum absolute atomic E-state index is 11.6. The Morgan fingerprint density at radius 2 is 2.50 bits per heavy atom. The average molecular weight is 193 g/mol. The zero-order chi connectivity index (χ0) is 9.97. The first kappa shape index (κ1) is 9.24. The summed E-state index contributed by atoms with van der Waals surface area (Å²) < 4.78 is 0. The Morgan fingerprint density at radius 3 is 3.07 bits per heavy atom. The molecule has 1 amide bonds. The maximum atomic E-state index is 11.6. The molecule has 1 saturated carbocycles. The lowest BCUT2D eigenvalue weighted by Gasteiger charge is -2.16. The van der Waals surface area contributed by atoms with Crippen LogP contribution in [-0.4, -0.2) is 21.9 Å². The number of nitrogens with one attached hydrogen (secondary N) is 2. The lowest BCUT2D eigenvalue weighted by atomic mass is 10.1. The molecule has 76 valence electrons. The van der Waals surface area contributed by atoms with Crippen LogP contribution in [-0.2, 0) is 0 Å². The van der Waals surface area contributed by atoms with Gasteiger partial charge in [-0.3, -0.25) is 4.79 Å². The number of aromatic nitrogens is 2. The molecule has 0 saturated heterocycles. The van der Waals surface area contributed by atoms with E-state index in [1.807, 2.05) is 0 Å². The van der Waals surface area contributed by atoms with Crippen molar-refractivity contribution in [1.82, 2.24) is 15.3 Å². The highest BCUT2D eigenvalue weighted by Gasteiger charge is 2.25. The quantitative estimate of drug-likeness (QED) is 0.744. The van der Waals surface area contributed by atoms with Crippen LogP contribution in [0.3, 0.4) is 0 Å². The lowest BCUT2D eigenvalue weighted by molar-refractivity contribution is 0.0925. The molecule has 2 atom stereocenters. The molecule has 1 aromatic rings. The Balaban J connectivity index is 1.95. The van der Waals surface area contributed by atoms with E-state index in [1.165, 1.54) is 19.2 Å². The van der Waals surface area contributed by atoms with E-state index in [1.54, 1.807) is 6.20 Å². The molecule has 0 bridgehead atoms. The van der Waals surface area contributed by atoms with Crippen LogP contribution in [0.1, 0.15) is 36.7 Å². The summed E-state index contributed by atoms with van der Waals surface area (Å²) in [7, 11) is 0.